The van der Waals surface area contributed by atoms with Crippen molar-refractivity contribution < 1.29 is 19.1 Å². The average molecular weight is 358 g/mol. The van der Waals surface area contributed by atoms with E-state index in [1.807, 2.05) is 45.9 Å². The molecule has 0 aromatic heterocycles. The van der Waals surface area contributed by atoms with Crippen LogP contribution < -0.4 is 15.4 Å². The predicted molar refractivity (Wildman–Crippen MR) is 102 cm³/mol. The number of nitrogens with one attached hydrogen (secondary N) is 2. The molecule has 1 aliphatic heterocycles. The molecule has 1 aromatic carbocycles. The number of benzene rings is 1. The first-order chi connectivity index (χ1) is 12.3. The minimum Gasteiger partial charge on any atom is -0.496 e. The summed E-state index contributed by atoms with van der Waals surface area (Å²) in [6.45, 7) is 8.04. The average Bonchev–Trinajstić information content (AvgIpc) is 2.62. The Labute approximate surface area is 154 Å². The van der Waals surface area contributed by atoms with Crippen molar-refractivity contribution in [1.82, 2.24) is 5.32 Å². The van der Waals surface area contributed by atoms with Gasteiger partial charge in [0.05, 0.1) is 12.9 Å². The lowest BCUT2D eigenvalue weighted by Crippen LogP contribution is -2.47. The Morgan fingerprint density at radius 2 is 1.96 bits per heavy atom. The van der Waals surface area contributed by atoms with E-state index in [1.54, 1.807) is 19.2 Å². The van der Waals surface area contributed by atoms with Crippen molar-refractivity contribution in [3.05, 3.63) is 41.7 Å². The maximum Gasteiger partial charge on any atom is 0.313 e. The molecule has 2 amide bonds. The number of methoxy groups -OCH3 is 1. The largest absolute Gasteiger partial charge is 0.496 e. The topological polar surface area (TPSA) is 76.7 Å². The highest BCUT2D eigenvalue weighted by Crippen LogP contribution is 2.31. The summed E-state index contributed by atoms with van der Waals surface area (Å²) in [4.78, 5) is 24.2. The molecule has 0 saturated carbocycles. The molecule has 0 bridgehead atoms. The summed E-state index contributed by atoms with van der Waals surface area (Å²) in [6, 6.07) is 5.27. The number of carbonyl (C=O) groups is 2. The summed E-state index contributed by atoms with van der Waals surface area (Å²) in [5.74, 6) is 0.0847. The van der Waals surface area contributed by atoms with Gasteiger partial charge in [0.25, 0.3) is 0 Å². The lowest BCUT2D eigenvalue weighted by molar-refractivity contribution is -0.137. The van der Waals surface area contributed by atoms with Crippen LogP contribution in [0.1, 0.15) is 39.7 Å². The Morgan fingerprint density at radius 1 is 1.23 bits per heavy atom. The van der Waals surface area contributed by atoms with E-state index in [4.69, 9.17) is 9.47 Å². The summed E-state index contributed by atoms with van der Waals surface area (Å²) in [5.41, 5.74) is 1.91. The van der Waals surface area contributed by atoms with Gasteiger partial charge in [-0.1, -0.05) is 13.0 Å². The number of hydrogen-bond acceptors (Lipinski definition) is 4. The van der Waals surface area contributed by atoms with E-state index in [9.17, 15) is 9.59 Å². The monoisotopic (exact) mass is 358 g/mol. The normalized spacial score (nSPS) is 13.9. The second-order valence-electron chi connectivity index (χ2n) is 6.82. The van der Waals surface area contributed by atoms with Crippen molar-refractivity contribution in [2.24, 2.45) is 0 Å². The first-order valence-electron chi connectivity index (χ1n) is 8.58. The molecule has 1 aromatic rings. The second-order valence-corrected chi connectivity index (χ2v) is 6.82. The zero-order valence-electron chi connectivity index (χ0n) is 15.9. The van der Waals surface area contributed by atoms with Crippen molar-refractivity contribution in [3.63, 3.8) is 0 Å². The van der Waals surface area contributed by atoms with E-state index in [-0.39, 0.29) is 0 Å². The van der Waals surface area contributed by atoms with Gasteiger partial charge in [-0.05, 0) is 45.4 Å². The Balaban J connectivity index is 2.14. The van der Waals surface area contributed by atoms with Crippen LogP contribution in [0, 0.1) is 0 Å². The molecule has 0 radical (unpaired) electrons. The highest BCUT2D eigenvalue weighted by Gasteiger charge is 2.23. The number of anilines is 1. The standard InChI is InChI=1S/C20H26N2O4/c1-6-20(3,4)22-19(24)18(23)21-15-9-10-16(17(11-15)25-5)14-8-7-13(2)26-12-14/h7-11H,6,12H2,1-5H3,(H,21,23)(H,22,24). The number of carbonyl (C=O) groups excluding carboxylic acids is 2. The molecular formula is C20H26N2O4. The third-order valence-electron chi connectivity index (χ3n) is 4.32. The second kappa shape index (κ2) is 8.08. The predicted octanol–water partition coefficient (Wildman–Crippen LogP) is 3.26. The van der Waals surface area contributed by atoms with Crippen molar-refractivity contribution in [2.45, 2.75) is 39.7 Å². The van der Waals surface area contributed by atoms with Crippen LogP contribution in [0.2, 0.25) is 0 Å². The van der Waals surface area contributed by atoms with Gasteiger partial charge in [-0.2, -0.15) is 0 Å². The van der Waals surface area contributed by atoms with E-state index in [1.165, 1.54) is 0 Å². The maximum atomic E-state index is 12.1. The quantitative estimate of drug-likeness (QED) is 0.792. The molecule has 6 nitrogen and oxygen atoms in total. The van der Waals surface area contributed by atoms with Gasteiger partial charge in [-0.15, -0.1) is 0 Å². The fraction of sp³-hybridized carbons (Fsp3) is 0.400. The molecule has 0 spiro atoms. The first-order valence-corrected chi connectivity index (χ1v) is 8.58. The van der Waals surface area contributed by atoms with E-state index in [0.717, 1.165) is 23.3 Å². The van der Waals surface area contributed by atoms with Crippen LogP contribution in [-0.2, 0) is 14.3 Å². The van der Waals surface area contributed by atoms with Crippen LogP contribution in [0.3, 0.4) is 0 Å². The third-order valence-corrected chi connectivity index (χ3v) is 4.32. The molecule has 140 valence electrons. The lowest BCUT2D eigenvalue weighted by Gasteiger charge is -2.24. The fourth-order valence-corrected chi connectivity index (χ4v) is 2.35. The molecule has 0 atom stereocenters. The van der Waals surface area contributed by atoms with E-state index in [2.05, 4.69) is 10.6 Å². The number of allylic oxidation sites excluding steroid dienone is 3. The van der Waals surface area contributed by atoms with E-state index >= 15 is 0 Å². The molecule has 0 aliphatic carbocycles. The van der Waals surface area contributed by atoms with Crippen LogP contribution in [0.25, 0.3) is 5.57 Å². The molecule has 2 rings (SSSR count). The van der Waals surface area contributed by atoms with Gasteiger partial charge in [-0.25, -0.2) is 0 Å². The first kappa shape index (κ1) is 19.6. The summed E-state index contributed by atoms with van der Waals surface area (Å²) >= 11 is 0. The molecule has 1 heterocycles. The smallest absolute Gasteiger partial charge is 0.313 e. The maximum absolute atomic E-state index is 12.1. The van der Waals surface area contributed by atoms with Crippen molar-refractivity contribution in [3.8, 4) is 5.75 Å². The molecule has 0 saturated heterocycles. The number of hydrogen-bond donors (Lipinski definition) is 2. The third kappa shape index (κ3) is 4.88. The summed E-state index contributed by atoms with van der Waals surface area (Å²) in [6.07, 6.45) is 4.60. The lowest BCUT2D eigenvalue weighted by atomic mass is 10.0. The highest BCUT2D eigenvalue weighted by atomic mass is 16.5. The molecule has 2 N–H and O–H groups in total. The molecule has 0 unspecified atom stereocenters. The van der Waals surface area contributed by atoms with Crippen LogP contribution in [-0.4, -0.2) is 31.1 Å². The van der Waals surface area contributed by atoms with Gasteiger partial charge in [0.2, 0.25) is 0 Å². The van der Waals surface area contributed by atoms with Gasteiger partial charge in [0.1, 0.15) is 12.4 Å². The minimum atomic E-state index is -0.708. The van der Waals surface area contributed by atoms with Crippen LogP contribution in [0.4, 0.5) is 5.69 Å². The van der Waals surface area contributed by atoms with E-state index < -0.39 is 17.4 Å². The van der Waals surface area contributed by atoms with Crippen LogP contribution in [0.15, 0.2) is 36.1 Å². The summed E-state index contributed by atoms with van der Waals surface area (Å²) in [7, 11) is 1.56. The number of ether oxygens (including phenoxy) is 2. The van der Waals surface area contributed by atoms with Crippen molar-refractivity contribution >= 4 is 23.1 Å². The summed E-state index contributed by atoms with van der Waals surface area (Å²) < 4.78 is 11.0. The van der Waals surface area contributed by atoms with Gasteiger partial charge >= 0.3 is 11.8 Å². The van der Waals surface area contributed by atoms with Crippen LogP contribution >= 0.6 is 0 Å². The van der Waals surface area contributed by atoms with Gasteiger partial charge < -0.3 is 20.1 Å². The summed E-state index contributed by atoms with van der Waals surface area (Å²) in [5, 5.41) is 5.31. The number of amides is 2. The zero-order chi connectivity index (χ0) is 19.3. The van der Waals surface area contributed by atoms with Gasteiger partial charge in [-0.3, -0.25) is 9.59 Å². The molecule has 26 heavy (non-hydrogen) atoms. The van der Waals surface area contributed by atoms with E-state index in [0.29, 0.717) is 18.0 Å². The Kier molecular flexibility index (Phi) is 6.08. The molecule has 1 aliphatic rings. The van der Waals surface area contributed by atoms with Gasteiger partial charge in [0, 0.05) is 28.4 Å². The molecular weight excluding hydrogens is 332 g/mol. The molecule has 0 fully saturated rings. The fourth-order valence-electron chi connectivity index (χ4n) is 2.35. The molecule has 6 heteroatoms. The Morgan fingerprint density at radius 3 is 2.54 bits per heavy atom. The van der Waals surface area contributed by atoms with Crippen molar-refractivity contribution in [2.75, 3.05) is 19.0 Å². The Bertz CT molecular complexity index is 763. The zero-order valence-corrected chi connectivity index (χ0v) is 15.9. The number of rotatable bonds is 5. The Hall–Kier alpha value is -2.76. The minimum absolute atomic E-state index is 0.435. The van der Waals surface area contributed by atoms with Gasteiger partial charge in [0.15, 0.2) is 0 Å². The van der Waals surface area contributed by atoms with Crippen LogP contribution in [0.5, 0.6) is 5.75 Å². The van der Waals surface area contributed by atoms with Crippen molar-refractivity contribution in [1.29, 1.82) is 0 Å². The highest BCUT2D eigenvalue weighted by molar-refractivity contribution is 6.39. The SMILES string of the molecule is CCC(C)(C)NC(=O)C(=O)Nc1ccc(C2=CC=C(C)OC2)c(OC)c1.